The Bertz CT molecular complexity index is 588. The molecule has 1 aromatic heterocycles. The van der Waals surface area contributed by atoms with Gasteiger partial charge in [-0.2, -0.15) is 0 Å². The van der Waals surface area contributed by atoms with Crippen molar-refractivity contribution in [3.05, 3.63) is 21.9 Å². The van der Waals surface area contributed by atoms with E-state index in [4.69, 9.17) is 9.47 Å². The molecule has 0 aliphatic carbocycles. The molecule has 2 aliphatic rings. The van der Waals surface area contributed by atoms with Crippen LogP contribution in [0.5, 0.6) is 5.75 Å². The summed E-state index contributed by atoms with van der Waals surface area (Å²) in [5.41, 5.74) is -0.394. The Morgan fingerprint density at radius 2 is 2.05 bits per heavy atom. The molecular formula is C14H20N2O4. The third-order valence-corrected chi connectivity index (χ3v) is 4.06. The third-order valence-electron chi connectivity index (χ3n) is 4.06. The monoisotopic (exact) mass is 280 g/mol. The number of nitrogens with zero attached hydrogens (tertiary/aromatic N) is 2. The van der Waals surface area contributed by atoms with Crippen LogP contribution in [0.1, 0.15) is 57.8 Å². The largest absolute Gasteiger partial charge is 0.502 e. The maximum Gasteiger partial charge on any atom is 0.296 e. The first kappa shape index (κ1) is 13.6. The summed E-state index contributed by atoms with van der Waals surface area (Å²) in [7, 11) is 0. The minimum absolute atomic E-state index is 0.201. The average Bonchev–Trinajstić information content (AvgIpc) is 2.49. The van der Waals surface area contributed by atoms with Crippen LogP contribution in [0, 0.1) is 0 Å². The van der Waals surface area contributed by atoms with Gasteiger partial charge in [-0.1, -0.05) is 20.3 Å². The molecule has 1 fully saturated rings. The van der Waals surface area contributed by atoms with E-state index in [1.807, 2.05) is 0 Å². The first-order valence-corrected chi connectivity index (χ1v) is 7.05. The van der Waals surface area contributed by atoms with Gasteiger partial charge in [0.15, 0.2) is 6.29 Å². The number of fused-ring (bicyclic) bond motifs is 1. The van der Waals surface area contributed by atoms with Gasteiger partial charge in [-0.25, -0.2) is 4.98 Å². The van der Waals surface area contributed by atoms with E-state index in [9.17, 15) is 9.90 Å². The van der Waals surface area contributed by atoms with Gasteiger partial charge in [0.2, 0.25) is 12.0 Å². The van der Waals surface area contributed by atoms with E-state index < -0.39 is 11.8 Å². The zero-order valence-electron chi connectivity index (χ0n) is 12.0. The molecule has 1 saturated heterocycles. The molecule has 3 heterocycles. The lowest BCUT2D eigenvalue weighted by molar-refractivity contribution is -0.384. The average molecular weight is 280 g/mol. The Hall–Kier alpha value is -1.40. The molecule has 0 radical (unpaired) electrons. The van der Waals surface area contributed by atoms with Crippen molar-refractivity contribution >= 4 is 0 Å². The summed E-state index contributed by atoms with van der Waals surface area (Å²) in [6.45, 7) is 6.50. The van der Waals surface area contributed by atoms with Gasteiger partial charge in [-0.15, -0.1) is 0 Å². The van der Waals surface area contributed by atoms with Gasteiger partial charge in [0.05, 0.1) is 0 Å². The zero-order valence-corrected chi connectivity index (χ0v) is 12.0. The van der Waals surface area contributed by atoms with E-state index >= 15 is 0 Å². The van der Waals surface area contributed by atoms with Crippen molar-refractivity contribution in [3.8, 4) is 5.75 Å². The summed E-state index contributed by atoms with van der Waals surface area (Å²) in [5.74, 6) is 0.350. The molecule has 2 aliphatic heterocycles. The Morgan fingerprint density at radius 1 is 1.35 bits per heavy atom. The fourth-order valence-corrected chi connectivity index (χ4v) is 2.89. The molecule has 20 heavy (non-hydrogen) atoms. The van der Waals surface area contributed by atoms with Crippen molar-refractivity contribution in [2.24, 2.45) is 0 Å². The fraction of sp³-hybridized carbons (Fsp3) is 0.714. The van der Waals surface area contributed by atoms with Crippen LogP contribution in [0.2, 0.25) is 0 Å². The summed E-state index contributed by atoms with van der Waals surface area (Å²) in [6.07, 6.45) is 1.87. The van der Waals surface area contributed by atoms with Crippen LogP contribution in [-0.2, 0) is 21.4 Å². The first-order chi connectivity index (χ1) is 9.40. The van der Waals surface area contributed by atoms with Gasteiger partial charge in [0, 0.05) is 12.0 Å². The lowest BCUT2D eigenvalue weighted by Gasteiger charge is -2.34. The van der Waals surface area contributed by atoms with Gasteiger partial charge in [0.25, 0.3) is 5.56 Å². The Morgan fingerprint density at radius 3 is 2.70 bits per heavy atom. The predicted molar refractivity (Wildman–Crippen MR) is 71.4 cm³/mol. The highest BCUT2D eigenvalue weighted by Gasteiger charge is 2.37. The highest BCUT2D eigenvalue weighted by atomic mass is 16.9. The molecule has 6 heteroatoms. The predicted octanol–water partition coefficient (Wildman–Crippen LogP) is 1.80. The third kappa shape index (κ3) is 2.03. The van der Waals surface area contributed by atoms with E-state index in [-0.39, 0.29) is 23.1 Å². The van der Waals surface area contributed by atoms with E-state index in [1.165, 1.54) is 0 Å². The lowest BCUT2D eigenvalue weighted by Crippen LogP contribution is -2.37. The minimum atomic E-state index is -0.734. The topological polar surface area (TPSA) is 73.6 Å². The molecule has 0 saturated carbocycles. The van der Waals surface area contributed by atoms with Crippen LogP contribution in [0.3, 0.4) is 0 Å². The van der Waals surface area contributed by atoms with E-state index in [1.54, 1.807) is 11.5 Å². The molecule has 1 aromatic rings. The van der Waals surface area contributed by atoms with Crippen LogP contribution in [-0.4, -0.2) is 20.9 Å². The second-order valence-corrected chi connectivity index (χ2v) is 6.14. The van der Waals surface area contributed by atoms with E-state index in [2.05, 4.69) is 18.8 Å². The van der Waals surface area contributed by atoms with E-state index in [0.717, 1.165) is 19.3 Å². The number of aromatic hydroxyl groups is 1. The molecule has 6 nitrogen and oxygen atoms in total. The molecule has 110 valence electrons. The van der Waals surface area contributed by atoms with E-state index in [0.29, 0.717) is 12.4 Å². The van der Waals surface area contributed by atoms with Crippen molar-refractivity contribution in [3.63, 3.8) is 0 Å². The van der Waals surface area contributed by atoms with Crippen molar-refractivity contribution in [2.75, 3.05) is 0 Å². The molecule has 0 aromatic carbocycles. The van der Waals surface area contributed by atoms with Crippen LogP contribution in [0.25, 0.3) is 0 Å². The number of hydrogen-bond acceptors (Lipinski definition) is 5. The van der Waals surface area contributed by atoms with Crippen molar-refractivity contribution < 1.29 is 14.6 Å². The van der Waals surface area contributed by atoms with Crippen LogP contribution >= 0.6 is 0 Å². The standard InChI is InChI=1S/C14H20N2O4/c1-8-19-12(20-8)9-10(17)11(18)16-7-5-4-6-14(2,3)13(16)15-9/h8,12,17H,4-7H2,1-3H3. The Labute approximate surface area is 117 Å². The Kier molecular flexibility index (Phi) is 3.10. The molecule has 0 amide bonds. The van der Waals surface area contributed by atoms with Gasteiger partial charge in [-0.05, 0) is 19.8 Å². The minimum Gasteiger partial charge on any atom is -0.502 e. The van der Waals surface area contributed by atoms with Gasteiger partial charge < -0.3 is 14.6 Å². The normalized spacial score (nSPS) is 28.4. The summed E-state index contributed by atoms with van der Waals surface area (Å²) in [4.78, 5) is 16.9. The molecule has 0 bridgehead atoms. The van der Waals surface area contributed by atoms with Crippen molar-refractivity contribution in [1.82, 2.24) is 9.55 Å². The van der Waals surface area contributed by atoms with Crippen molar-refractivity contribution in [2.45, 2.75) is 64.6 Å². The number of aromatic nitrogens is 2. The lowest BCUT2D eigenvalue weighted by atomic mass is 9.87. The summed E-state index contributed by atoms with van der Waals surface area (Å²) in [5, 5.41) is 10.1. The van der Waals surface area contributed by atoms with Gasteiger partial charge in [0.1, 0.15) is 11.5 Å². The molecule has 0 unspecified atom stereocenters. The number of ether oxygens (including phenoxy) is 2. The number of hydrogen-bond donors (Lipinski definition) is 1. The Balaban J connectivity index is 2.13. The summed E-state index contributed by atoms with van der Waals surface area (Å²) in [6, 6.07) is 0. The van der Waals surface area contributed by atoms with Gasteiger partial charge in [-0.3, -0.25) is 9.36 Å². The second-order valence-electron chi connectivity index (χ2n) is 6.14. The molecule has 0 atom stereocenters. The maximum absolute atomic E-state index is 12.4. The zero-order chi connectivity index (χ0) is 14.5. The quantitative estimate of drug-likeness (QED) is 0.849. The molecule has 1 N–H and O–H groups in total. The highest BCUT2D eigenvalue weighted by molar-refractivity contribution is 5.28. The van der Waals surface area contributed by atoms with Crippen LogP contribution < -0.4 is 5.56 Å². The second kappa shape index (κ2) is 4.56. The molecule has 0 spiro atoms. The smallest absolute Gasteiger partial charge is 0.296 e. The van der Waals surface area contributed by atoms with Crippen molar-refractivity contribution in [1.29, 1.82) is 0 Å². The SMILES string of the molecule is CC1OC(c2nc3n(c(=O)c2O)CCCCC3(C)C)O1. The summed E-state index contributed by atoms with van der Waals surface area (Å²) < 4.78 is 12.3. The first-order valence-electron chi connectivity index (χ1n) is 7.05. The summed E-state index contributed by atoms with van der Waals surface area (Å²) >= 11 is 0. The molecule has 3 rings (SSSR count). The van der Waals surface area contributed by atoms with Gasteiger partial charge >= 0.3 is 0 Å². The van der Waals surface area contributed by atoms with Crippen LogP contribution in [0.4, 0.5) is 0 Å². The highest BCUT2D eigenvalue weighted by Crippen LogP contribution is 2.36. The maximum atomic E-state index is 12.4. The number of rotatable bonds is 1. The van der Waals surface area contributed by atoms with Crippen LogP contribution in [0.15, 0.2) is 4.79 Å². The fourth-order valence-electron chi connectivity index (χ4n) is 2.89. The molecular weight excluding hydrogens is 260 g/mol.